The molecule has 0 radical (unpaired) electrons. The van der Waals surface area contributed by atoms with E-state index in [2.05, 4.69) is 50.3 Å². The Hall–Kier alpha value is -1.59. The normalized spacial score (nSPS) is 20.6. The third kappa shape index (κ3) is 31.3. The predicted molar refractivity (Wildman–Crippen MR) is 238 cm³/mol. The highest BCUT2D eigenvalue weighted by molar-refractivity contribution is 5.69. The second kappa shape index (κ2) is 40.8. The summed E-state index contributed by atoms with van der Waals surface area (Å²) < 4.78 is 22.9. The van der Waals surface area contributed by atoms with E-state index in [1.54, 1.807) is 0 Å². The Balaban J connectivity index is 2.24. The minimum Gasteiger partial charge on any atom is -0.457 e. The lowest BCUT2D eigenvalue weighted by atomic mass is 9.99. The molecule has 4 N–H and O–H groups in total. The summed E-state index contributed by atoms with van der Waals surface area (Å²) in [5, 5.41) is 40.2. The van der Waals surface area contributed by atoms with Crippen LogP contribution in [0, 0.1) is 0 Å². The molecular formula is C49H90O9. The Labute approximate surface area is 355 Å². The average molecular weight is 823 g/mol. The monoisotopic (exact) mass is 823 g/mol. The van der Waals surface area contributed by atoms with Crippen LogP contribution in [0.1, 0.15) is 206 Å². The minimum atomic E-state index is -1.54. The molecule has 0 aromatic rings. The molecule has 1 fully saturated rings. The van der Waals surface area contributed by atoms with Gasteiger partial charge in [-0.25, -0.2) is 0 Å². The third-order valence-corrected chi connectivity index (χ3v) is 11.0. The summed E-state index contributed by atoms with van der Waals surface area (Å²) >= 11 is 0. The molecule has 0 amide bonds. The number of aliphatic hydroxyl groups excluding tert-OH is 4. The van der Waals surface area contributed by atoms with Crippen LogP contribution in [0.2, 0.25) is 0 Å². The number of ether oxygens (including phenoxy) is 4. The van der Waals surface area contributed by atoms with E-state index in [1.807, 2.05) is 0 Å². The van der Waals surface area contributed by atoms with Gasteiger partial charge in [0.05, 0.1) is 19.8 Å². The number of aliphatic hydroxyl groups is 4. The van der Waals surface area contributed by atoms with Crippen molar-refractivity contribution in [2.45, 2.75) is 243 Å². The summed E-state index contributed by atoms with van der Waals surface area (Å²) in [5.74, 6) is -0.321. The van der Waals surface area contributed by atoms with Crippen LogP contribution in [0.4, 0.5) is 0 Å². The van der Waals surface area contributed by atoms with Crippen molar-refractivity contribution in [2.24, 2.45) is 0 Å². The first-order valence-electron chi connectivity index (χ1n) is 24.1. The number of carbonyl (C=O) groups is 1. The Morgan fingerprint density at radius 1 is 0.552 bits per heavy atom. The molecule has 0 saturated carbocycles. The van der Waals surface area contributed by atoms with Gasteiger partial charge >= 0.3 is 5.97 Å². The van der Waals surface area contributed by atoms with Crippen LogP contribution in [0.5, 0.6) is 0 Å². The zero-order valence-electron chi connectivity index (χ0n) is 37.3. The SMILES string of the molecule is CCCCC/C=C\C/C=C\CCCCCCCCCC(=O)OC(COCCCCCCCCCC/C=C\CCCCCCCC)COC1OC(CO)C(O)C(O)C1O. The van der Waals surface area contributed by atoms with Crippen molar-refractivity contribution in [3.63, 3.8) is 0 Å². The van der Waals surface area contributed by atoms with Gasteiger partial charge in [0.15, 0.2) is 6.29 Å². The summed E-state index contributed by atoms with van der Waals surface area (Å²) in [6, 6.07) is 0. The zero-order chi connectivity index (χ0) is 42.2. The number of esters is 1. The van der Waals surface area contributed by atoms with Crippen molar-refractivity contribution < 1.29 is 44.2 Å². The number of rotatable bonds is 41. The van der Waals surface area contributed by atoms with Gasteiger partial charge in [-0.05, 0) is 70.6 Å². The summed E-state index contributed by atoms with van der Waals surface area (Å²) in [7, 11) is 0. The van der Waals surface area contributed by atoms with E-state index in [4.69, 9.17) is 18.9 Å². The minimum absolute atomic E-state index is 0.117. The van der Waals surface area contributed by atoms with Crippen LogP contribution in [-0.4, -0.2) is 89.6 Å². The number of carbonyl (C=O) groups excluding carboxylic acids is 1. The van der Waals surface area contributed by atoms with Crippen molar-refractivity contribution in [3.8, 4) is 0 Å². The van der Waals surface area contributed by atoms with E-state index < -0.39 is 43.4 Å². The van der Waals surface area contributed by atoms with Gasteiger partial charge in [0.25, 0.3) is 0 Å². The molecule has 6 unspecified atom stereocenters. The molecular weight excluding hydrogens is 733 g/mol. The summed E-state index contributed by atoms with van der Waals surface area (Å²) in [4.78, 5) is 12.8. The van der Waals surface area contributed by atoms with Crippen molar-refractivity contribution in [1.82, 2.24) is 0 Å². The van der Waals surface area contributed by atoms with Gasteiger partial charge in [0, 0.05) is 13.0 Å². The lowest BCUT2D eigenvalue weighted by molar-refractivity contribution is -0.305. The van der Waals surface area contributed by atoms with Crippen LogP contribution >= 0.6 is 0 Å². The molecule has 0 spiro atoms. The number of hydrogen-bond donors (Lipinski definition) is 4. The van der Waals surface area contributed by atoms with E-state index in [0.29, 0.717) is 13.0 Å². The molecule has 1 heterocycles. The van der Waals surface area contributed by atoms with Crippen molar-refractivity contribution in [3.05, 3.63) is 36.5 Å². The fourth-order valence-electron chi connectivity index (χ4n) is 7.22. The second-order valence-electron chi connectivity index (χ2n) is 16.6. The van der Waals surface area contributed by atoms with Crippen LogP contribution in [0.15, 0.2) is 36.5 Å². The van der Waals surface area contributed by atoms with Crippen molar-refractivity contribution in [2.75, 3.05) is 26.4 Å². The molecule has 1 aliphatic rings. The third-order valence-electron chi connectivity index (χ3n) is 11.0. The van der Waals surface area contributed by atoms with E-state index in [9.17, 15) is 25.2 Å². The largest absolute Gasteiger partial charge is 0.457 e. The van der Waals surface area contributed by atoms with E-state index in [0.717, 1.165) is 44.9 Å². The Bertz CT molecular complexity index is 983. The van der Waals surface area contributed by atoms with E-state index in [1.165, 1.54) is 141 Å². The molecule has 1 aliphatic heterocycles. The molecule has 9 heteroatoms. The quantitative estimate of drug-likeness (QED) is 0.0270. The summed E-state index contributed by atoms with van der Waals surface area (Å²) in [5.41, 5.74) is 0. The molecule has 0 bridgehead atoms. The molecule has 1 saturated heterocycles. The van der Waals surface area contributed by atoms with Gasteiger partial charge in [-0.1, -0.05) is 166 Å². The van der Waals surface area contributed by atoms with E-state index in [-0.39, 0.29) is 19.2 Å². The van der Waals surface area contributed by atoms with Crippen LogP contribution in [0.25, 0.3) is 0 Å². The van der Waals surface area contributed by atoms with Gasteiger partial charge in [-0.15, -0.1) is 0 Å². The fraction of sp³-hybridized carbons (Fsp3) is 0.857. The molecule has 0 aliphatic carbocycles. The second-order valence-corrected chi connectivity index (χ2v) is 16.6. The molecule has 6 atom stereocenters. The van der Waals surface area contributed by atoms with Gasteiger partial charge in [-0.3, -0.25) is 4.79 Å². The number of hydrogen-bond acceptors (Lipinski definition) is 9. The Morgan fingerprint density at radius 2 is 1.00 bits per heavy atom. The lowest BCUT2D eigenvalue weighted by Crippen LogP contribution is -2.59. The van der Waals surface area contributed by atoms with E-state index >= 15 is 0 Å². The van der Waals surface area contributed by atoms with Crippen LogP contribution in [-0.2, 0) is 23.7 Å². The first kappa shape index (κ1) is 54.4. The Kier molecular flexibility index (Phi) is 38.3. The van der Waals surface area contributed by atoms with Crippen molar-refractivity contribution >= 4 is 5.97 Å². The zero-order valence-corrected chi connectivity index (χ0v) is 37.3. The maximum atomic E-state index is 12.8. The maximum absolute atomic E-state index is 12.8. The smallest absolute Gasteiger partial charge is 0.306 e. The van der Waals surface area contributed by atoms with Crippen LogP contribution in [0.3, 0.4) is 0 Å². The van der Waals surface area contributed by atoms with Gasteiger partial charge in [0.1, 0.15) is 30.5 Å². The topological polar surface area (TPSA) is 135 Å². The first-order valence-corrected chi connectivity index (χ1v) is 24.1. The molecule has 58 heavy (non-hydrogen) atoms. The van der Waals surface area contributed by atoms with Gasteiger partial charge in [-0.2, -0.15) is 0 Å². The van der Waals surface area contributed by atoms with Gasteiger partial charge in [0.2, 0.25) is 0 Å². The lowest BCUT2D eigenvalue weighted by Gasteiger charge is -2.39. The standard InChI is InChI=1S/C49H90O9/c1-3-5-7-9-11-13-15-17-19-21-23-25-27-29-31-33-35-37-39-55-41-43(42-56-49-48(54)47(53)46(52)44(40-50)58-49)57-45(51)38-36-34-32-30-28-26-24-22-20-18-16-14-12-10-8-6-4-2/h12,14,17-20,43-44,46-50,52-54H,3-11,13,15-16,21-42H2,1-2H3/b14-12-,19-17-,20-18-. The fourth-order valence-corrected chi connectivity index (χ4v) is 7.22. The molecule has 340 valence electrons. The highest BCUT2D eigenvalue weighted by Crippen LogP contribution is 2.22. The van der Waals surface area contributed by atoms with Gasteiger partial charge < -0.3 is 39.4 Å². The Morgan fingerprint density at radius 3 is 1.53 bits per heavy atom. The highest BCUT2D eigenvalue weighted by Gasteiger charge is 2.44. The maximum Gasteiger partial charge on any atom is 0.306 e. The molecule has 9 nitrogen and oxygen atoms in total. The average Bonchev–Trinajstić information content (AvgIpc) is 3.22. The predicted octanol–water partition coefficient (Wildman–Crippen LogP) is 11.1. The molecule has 1 rings (SSSR count). The first-order chi connectivity index (χ1) is 28.4. The number of allylic oxidation sites excluding steroid dienone is 6. The highest BCUT2D eigenvalue weighted by atomic mass is 16.7. The molecule has 0 aromatic heterocycles. The molecule has 0 aromatic carbocycles. The summed E-state index contributed by atoms with van der Waals surface area (Å²) in [6.45, 7) is 4.53. The van der Waals surface area contributed by atoms with Crippen LogP contribution < -0.4 is 0 Å². The summed E-state index contributed by atoms with van der Waals surface area (Å²) in [6.07, 6.45) is 41.6. The number of unbranched alkanes of at least 4 members (excludes halogenated alkanes) is 24. The van der Waals surface area contributed by atoms with Crippen molar-refractivity contribution in [1.29, 1.82) is 0 Å².